The largest absolute Gasteiger partial charge is 0.493 e. The second-order valence-electron chi connectivity index (χ2n) is 7.47. The highest BCUT2D eigenvalue weighted by atomic mass is 16.5. The average molecular weight is 366 g/mol. The minimum absolute atomic E-state index is 0.0228. The molecule has 0 unspecified atom stereocenters. The van der Waals surface area contributed by atoms with Crippen LogP contribution < -0.4 is 9.47 Å². The number of hydrogen-bond donors (Lipinski definition) is 0. The maximum atomic E-state index is 13.2. The number of benzene rings is 2. The Balaban J connectivity index is 1.58. The van der Waals surface area contributed by atoms with Crippen LogP contribution in [0.1, 0.15) is 22.0 Å². The fourth-order valence-corrected chi connectivity index (χ4v) is 4.80. The van der Waals surface area contributed by atoms with Crippen molar-refractivity contribution >= 4 is 5.91 Å². The molecule has 2 aromatic carbocycles. The molecule has 4 rings (SSSR count). The fraction of sp³-hybridized carbons (Fsp3) is 0.409. The molecule has 2 saturated heterocycles. The van der Waals surface area contributed by atoms with E-state index in [0.717, 1.165) is 19.6 Å². The molecule has 1 amide bonds. The minimum Gasteiger partial charge on any atom is -0.493 e. The Hall–Kier alpha value is -2.53. The molecular weight excluding hydrogens is 340 g/mol. The molecule has 5 nitrogen and oxygen atoms in total. The van der Waals surface area contributed by atoms with E-state index in [1.807, 2.05) is 23.1 Å². The van der Waals surface area contributed by atoms with E-state index < -0.39 is 0 Å². The average Bonchev–Trinajstić information content (AvgIpc) is 3.23. The Morgan fingerprint density at radius 1 is 0.963 bits per heavy atom. The molecule has 2 fully saturated rings. The predicted octanol–water partition coefficient (Wildman–Crippen LogP) is 3.08. The number of fused-ring (bicyclic) bond motifs is 1. The van der Waals surface area contributed by atoms with E-state index in [2.05, 4.69) is 42.3 Å². The quantitative estimate of drug-likeness (QED) is 0.834. The van der Waals surface area contributed by atoms with Crippen LogP contribution in [0.3, 0.4) is 0 Å². The predicted molar refractivity (Wildman–Crippen MR) is 104 cm³/mol. The summed E-state index contributed by atoms with van der Waals surface area (Å²) in [5.74, 6) is 2.08. The lowest BCUT2D eigenvalue weighted by molar-refractivity contribution is 0.0764. The number of methoxy groups -OCH3 is 2. The van der Waals surface area contributed by atoms with Crippen LogP contribution in [0, 0.1) is 11.8 Å². The Morgan fingerprint density at radius 3 is 2.44 bits per heavy atom. The van der Waals surface area contributed by atoms with E-state index in [-0.39, 0.29) is 5.91 Å². The van der Waals surface area contributed by atoms with Crippen molar-refractivity contribution in [2.45, 2.75) is 6.04 Å². The third-order valence-corrected chi connectivity index (χ3v) is 5.96. The first-order chi connectivity index (χ1) is 13.1. The first-order valence-corrected chi connectivity index (χ1v) is 9.39. The summed E-state index contributed by atoms with van der Waals surface area (Å²) in [7, 11) is 5.35. The highest BCUT2D eigenvalue weighted by molar-refractivity contribution is 5.98. The van der Waals surface area contributed by atoms with E-state index in [4.69, 9.17) is 9.47 Å². The second kappa shape index (κ2) is 7.24. The fourth-order valence-electron chi connectivity index (χ4n) is 4.80. The van der Waals surface area contributed by atoms with E-state index >= 15 is 0 Å². The molecule has 0 aromatic heterocycles. The van der Waals surface area contributed by atoms with Crippen molar-refractivity contribution < 1.29 is 14.3 Å². The monoisotopic (exact) mass is 366 g/mol. The number of rotatable bonds is 4. The van der Waals surface area contributed by atoms with Gasteiger partial charge in [-0.15, -0.1) is 0 Å². The number of nitrogens with zero attached hydrogens (tertiary/aromatic N) is 2. The van der Waals surface area contributed by atoms with Crippen molar-refractivity contribution in [2.24, 2.45) is 11.8 Å². The number of hydrogen-bond acceptors (Lipinski definition) is 4. The van der Waals surface area contributed by atoms with Crippen molar-refractivity contribution in [3.8, 4) is 11.5 Å². The Labute approximate surface area is 160 Å². The molecule has 27 heavy (non-hydrogen) atoms. The van der Waals surface area contributed by atoms with Gasteiger partial charge in [0.15, 0.2) is 11.5 Å². The smallest absolute Gasteiger partial charge is 0.257 e. The molecule has 0 N–H and O–H groups in total. The van der Waals surface area contributed by atoms with Crippen LogP contribution in [0.4, 0.5) is 0 Å². The SMILES string of the molecule is COc1cccc(C(=O)N2C[C@@H]3CN(C)[C@@H](c4ccccc4)[C@@H]3C2)c1OC. The summed E-state index contributed by atoms with van der Waals surface area (Å²) < 4.78 is 10.8. The molecule has 5 heteroatoms. The zero-order valence-corrected chi connectivity index (χ0v) is 16.1. The lowest BCUT2D eigenvalue weighted by Gasteiger charge is -2.27. The lowest BCUT2D eigenvalue weighted by Crippen LogP contribution is -2.33. The van der Waals surface area contributed by atoms with Gasteiger partial charge < -0.3 is 14.4 Å². The zero-order chi connectivity index (χ0) is 19.0. The summed E-state index contributed by atoms with van der Waals surface area (Å²) in [6.45, 7) is 2.58. The van der Waals surface area contributed by atoms with E-state index in [0.29, 0.717) is 34.9 Å². The van der Waals surface area contributed by atoms with Crippen LogP contribution in [0.2, 0.25) is 0 Å². The van der Waals surface area contributed by atoms with Crippen molar-refractivity contribution in [2.75, 3.05) is 40.9 Å². The summed E-state index contributed by atoms with van der Waals surface area (Å²) in [6, 6.07) is 16.5. The van der Waals surface area contributed by atoms with Crippen LogP contribution in [0.15, 0.2) is 48.5 Å². The number of carbonyl (C=O) groups is 1. The molecule has 142 valence electrons. The van der Waals surface area contributed by atoms with E-state index in [9.17, 15) is 4.79 Å². The molecule has 0 saturated carbocycles. The van der Waals surface area contributed by atoms with Gasteiger partial charge in [0.2, 0.25) is 0 Å². The van der Waals surface area contributed by atoms with Gasteiger partial charge in [0.05, 0.1) is 19.8 Å². The molecule has 0 aliphatic carbocycles. The van der Waals surface area contributed by atoms with Gasteiger partial charge in [0.1, 0.15) is 0 Å². The van der Waals surface area contributed by atoms with Crippen molar-refractivity contribution in [3.05, 3.63) is 59.7 Å². The maximum Gasteiger partial charge on any atom is 0.257 e. The molecule has 0 spiro atoms. The summed E-state index contributed by atoms with van der Waals surface area (Å²) in [5.41, 5.74) is 1.90. The normalized spacial score (nSPS) is 24.7. The summed E-state index contributed by atoms with van der Waals surface area (Å²) in [4.78, 5) is 17.6. The highest BCUT2D eigenvalue weighted by Crippen LogP contribution is 2.44. The zero-order valence-electron chi connectivity index (χ0n) is 16.1. The Kier molecular flexibility index (Phi) is 4.79. The standard InChI is InChI=1S/C22H26N2O3/c1-23-12-16-13-24(14-18(16)20(23)15-8-5-4-6-9-15)22(25)17-10-7-11-19(26-2)21(17)27-3/h4-11,16,18,20H,12-14H2,1-3H3/t16-,18+,20-/m0/s1. The van der Waals surface area contributed by atoms with Crippen LogP contribution in [-0.2, 0) is 0 Å². The van der Waals surface area contributed by atoms with E-state index in [1.165, 1.54) is 5.56 Å². The van der Waals surface area contributed by atoms with E-state index in [1.54, 1.807) is 14.2 Å². The number of para-hydroxylation sites is 1. The summed E-state index contributed by atoms with van der Waals surface area (Å²) >= 11 is 0. The maximum absolute atomic E-state index is 13.2. The van der Waals surface area contributed by atoms with Gasteiger partial charge in [-0.2, -0.15) is 0 Å². The third kappa shape index (κ3) is 3.06. The van der Waals surface area contributed by atoms with Gasteiger partial charge in [0.25, 0.3) is 5.91 Å². The molecule has 2 aliphatic rings. The topological polar surface area (TPSA) is 42.0 Å². The minimum atomic E-state index is 0.0228. The number of amides is 1. The van der Waals surface area contributed by atoms with Gasteiger partial charge in [-0.25, -0.2) is 0 Å². The van der Waals surface area contributed by atoms with Crippen LogP contribution in [-0.4, -0.2) is 56.6 Å². The summed E-state index contributed by atoms with van der Waals surface area (Å²) in [6.07, 6.45) is 0. The second-order valence-corrected chi connectivity index (χ2v) is 7.47. The molecule has 2 heterocycles. The van der Waals surface area contributed by atoms with Gasteiger partial charge in [-0.05, 0) is 30.7 Å². The number of likely N-dealkylation sites (tertiary alicyclic amines) is 2. The van der Waals surface area contributed by atoms with Crippen molar-refractivity contribution in [1.82, 2.24) is 9.80 Å². The molecule has 2 aliphatic heterocycles. The Morgan fingerprint density at radius 2 is 1.74 bits per heavy atom. The Bertz CT molecular complexity index is 824. The number of carbonyl (C=O) groups excluding carboxylic acids is 1. The third-order valence-electron chi connectivity index (χ3n) is 5.96. The molecule has 3 atom stereocenters. The van der Waals surface area contributed by atoms with Gasteiger partial charge >= 0.3 is 0 Å². The lowest BCUT2D eigenvalue weighted by atomic mass is 9.90. The summed E-state index contributed by atoms with van der Waals surface area (Å²) in [5, 5.41) is 0. The van der Waals surface area contributed by atoms with Crippen LogP contribution >= 0.6 is 0 Å². The van der Waals surface area contributed by atoms with Gasteiger partial charge in [0, 0.05) is 31.6 Å². The molecule has 0 radical (unpaired) electrons. The van der Waals surface area contributed by atoms with Gasteiger partial charge in [-0.1, -0.05) is 36.4 Å². The van der Waals surface area contributed by atoms with Crippen LogP contribution in [0.25, 0.3) is 0 Å². The van der Waals surface area contributed by atoms with Crippen molar-refractivity contribution in [3.63, 3.8) is 0 Å². The first kappa shape index (κ1) is 17.9. The first-order valence-electron chi connectivity index (χ1n) is 9.39. The van der Waals surface area contributed by atoms with Gasteiger partial charge in [-0.3, -0.25) is 9.69 Å². The van der Waals surface area contributed by atoms with Crippen LogP contribution in [0.5, 0.6) is 11.5 Å². The highest BCUT2D eigenvalue weighted by Gasteiger charge is 2.47. The molecule has 0 bridgehead atoms. The van der Waals surface area contributed by atoms with Crippen molar-refractivity contribution in [1.29, 1.82) is 0 Å². The molecule has 2 aromatic rings. The number of ether oxygens (including phenoxy) is 2. The molecular formula is C22H26N2O3.